The van der Waals surface area contributed by atoms with E-state index in [1.54, 1.807) is 7.11 Å². The summed E-state index contributed by atoms with van der Waals surface area (Å²) in [6.07, 6.45) is 0. The van der Waals surface area contributed by atoms with Gasteiger partial charge in [0.2, 0.25) is 0 Å². The summed E-state index contributed by atoms with van der Waals surface area (Å²) in [5.41, 5.74) is 8.70. The molecule has 0 aliphatic carbocycles. The number of rotatable bonds is 5. The van der Waals surface area contributed by atoms with Crippen LogP contribution in [0.2, 0.25) is 5.02 Å². The summed E-state index contributed by atoms with van der Waals surface area (Å²) >= 11 is 5.93. The number of nitrogens with two attached hydrogens (primary N) is 1. The van der Waals surface area contributed by atoms with Crippen molar-refractivity contribution in [3.63, 3.8) is 0 Å². The molecule has 2 rings (SSSR count). The Morgan fingerprint density at radius 1 is 1.10 bits per heavy atom. The molecule has 4 heteroatoms. The van der Waals surface area contributed by atoms with E-state index >= 15 is 0 Å². The summed E-state index contributed by atoms with van der Waals surface area (Å²) in [4.78, 5) is 0. The quantitative estimate of drug-likeness (QED) is 0.913. The first-order valence-corrected chi connectivity index (χ1v) is 6.76. The van der Waals surface area contributed by atoms with Crippen molar-refractivity contribution >= 4 is 11.6 Å². The van der Waals surface area contributed by atoms with E-state index in [1.807, 2.05) is 43.3 Å². The maximum absolute atomic E-state index is 5.93. The summed E-state index contributed by atoms with van der Waals surface area (Å²) in [6.45, 7) is 2.89. The van der Waals surface area contributed by atoms with Crippen LogP contribution in [-0.4, -0.2) is 7.11 Å². The first-order chi connectivity index (χ1) is 9.63. The highest BCUT2D eigenvalue weighted by atomic mass is 35.5. The topological polar surface area (TPSA) is 44.5 Å². The van der Waals surface area contributed by atoms with Crippen molar-refractivity contribution in [1.29, 1.82) is 0 Å². The van der Waals surface area contributed by atoms with Crippen molar-refractivity contribution in [2.24, 2.45) is 5.73 Å². The zero-order valence-electron chi connectivity index (χ0n) is 11.7. The second kappa shape index (κ2) is 6.64. The molecule has 3 nitrogen and oxygen atoms in total. The van der Waals surface area contributed by atoms with Crippen LogP contribution < -0.4 is 15.2 Å². The van der Waals surface area contributed by atoms with E-state index in [0.717, 1.165) is 28.2 Å². The summed E-state index contributed by atoms with van der Waals surface area (Å²) < 4.78 is 11.2. The molecule has 106 valence electrons. The van der Waals surface area contributed by atoms with E-state index in [2.05, 4.69) is 0 Å². The lowest BCUT2D eigenvalue weighted by Crippen LogP contribution is -2.03. The maximum Gasteiger partial charge on any atom is 0.125 e. The molecule has 0 radical (unpaired) electrons. The number of hydrogen-bond acceptors (Lipinski definition) is 3. The zero-order chi connectivity index (χ0) is 14.5. The molecule has 0 saturated carbocycles. The Bertz CT molecular complexity index is 599. The molecule has 0 atom stereocenters. The summed E-state index contributed by atoms with van der Waals surface area (Å²) in [5, 5.41) is 0.706. The molecule has 2 N–H and O–H groups in total. The normalized spacial score (nSPS) is 10.4. The summed E-state index contributed by atoms with van der Waals surface area (Å²) in [5.74, 6) is 1.61. The number of aryl methyl sites for hydroxylation is 1. The molecule has 0 bridgehead atoms. The van der Waals surface area contributed by atoms with E-state index in [-0.39, 0.29) is 0 Å². The average Bonchev–Trinajstić information content (AvgIpc) is 2.46. The standard InChI is InChI=1S/C16H18ClNO2/c1-11-7-14(17)4-6-15(11)20-10-13-8-12(9-18)3-5-16(13)19-2/h3-8H,9-10,18H2,1-2H3. The molecule has 0 heterocycles. The summed E-state index contributed by atoms with van der Waals surface area (Å²) in [7, 11) is 1.65. The Balaban J connectivity index is 2.17. The van der Waals surface area contributed by atoms with Crippen molar-refractivity contribution in [2.75, 3.05) is 7.11 Å². The number of halogens is 1. The molecular formula is C16H18ClNO2. The minimum Gasteiger partial charge on any atom is -0.496 e. The van der Waals surface area contributed by atoms with Gasteiger partial charge < -0.3 is 15.2 Å². The fourth-order valence-electron chi connectivity index (χ4n) is 2.00. The van der Waals surface area contributed by atoms with E-state index in [0.29, 0.717) is 18.2 Å². The van der Waals surface area contributed by atoms with Crippen LogP contribution in [-0.2, 0) is 13.2 Å². The third kappa shape index (κ3) is 3.44. The van der Waals surface area contributed by atoms with Gasteiger partial charge in [-0.2, -0.15) is 0 Å². The van der Waals surface area contributed by atoms with Gasteiger partial charge in [0.25, 0.3) is 0 Å². The predicted molar refractivity (Wildman–Crippen MR) is 81.4 cm³/mol. The highest BCUT2D eigenvalue weighted by Gasteiger charge is 2.07. The average molecular weight is 292 g/mol. The molecular weight excluding hydrogens is 274 g/mol. The summed E-state index contributed by atoms with van der Waals surface area (Å²) in [6, 6.07) is 11.4. The van der Waals surface area contributed by atoms with Crippen molar-refractivity contribution < 1.29 is 9.47 Å². The molecule has 0 unspecified atom stereocenters. The molecule has 2 aromatic rings. The highest BCUT2D eigenvalue weighted by molar-refractivity contribution is 6.30. The Morgan fingerprint density at radius 2 is 1.85 bits per heavy atom. The second-order valence-corrected chi connectivity index (χ2v) is 4.99. The van der Waals surface area contributed by atoms with Crippen molar-refractivity contribution in [3.8, 4) is 11.5 Å². The smallest absolute Gasteiger partial charge is 0.125 e. The van der Waals surface area contributed by atoms with Crippen molar-refractivity contribution in [1.82, 2.24) is 0 Å². The van der Waals surface area contributed by atoms with Crippen LogP contribution >= 0.6 is 11.6 Å². The van der Waals surface area contributed by atoms with Gasteiger partial charge in [-0.3, -0.25) is 0 Å². The number of methoxy groups -OCH3 is 1. The molecule has 20 heavy (non-hydrogen) atoms. The molecule has 0 aliphatic rings. The number of benzene rings is 2. The van der Waals surface area contributed by atoms with Crippen LogP contribution in [0.4, 0.5) is 0 Å². The van der Waals surface area contributed by atoms with Gasteiger partial charge in [-0.05, 0) is 48.4 Å². The first-order valence-electron chi connectivity index (χ1n) is 6.39. The van der Waals surface area contributed by atoms with Gasteiger partial charge in [-0.15, -0.1) is 0 Å². The molecule has 0 fully saturated rings. The third-order valence-electron chi connectivity index (χ3n) is 3.10. The van der Waals surface area contributed by atoms with Gasteiger partial charge in [0.05, 0.1) is 7.11 Å². The molecule has 0 spiro atoms. The Morgan fingerprint density at radius 3 is 2.50 bits per heavy atom. The SMILES string of the molecule is COc1ccc(CN)cc1COc1ccc(Cl)cc1C. The van der Waals surface area contributed by atoms with Crippen molar-refractivity contribution in [3.05, 3.63) is 58.1 Å². The van der Waals surface area contributed by atoms with Crippen LogP contribution in [0.15, 0.2) is 36.4 Å². The van der Waals surface area contributed by atoms with Crippen molar-refractivity contribution in [2.45, 2.75) is 20.1 Å². The van der Waals surface area contributed by atoms with Crippen LogP contribution in [0.3, 0.4) is 0 Å². The molecule has 0 aliphatic heterocycles. The minimum atomic E-state index is 0.430. The van der Waals surface area contributed by atoms with Crippen LogP contribution in [0.25, 0.3) is 0 Å². The number of ether oxygens (including phenoxy) is 2. The lowest BCUT2D eigenvalue weighted by atomic mass is 10.1. The van der Waals surface area contributed by atoms with Gasteiger partial charge in [0.1, 0.15) is 18.1 Å². The third-order valence-corrected chi connectivity index (χ3v) is 3.34. The lowest BCUT2D eigenvalue weighted by molar-refractivity contribution is 0.294. The van der Waals surface area contributed by atoms with Gasteiger partial charge in [0, 0.05) is 17.1 Å². The Labute approximate surface area is 124 Å². The molecule has 0 saturated heterocycles. The lowest BCUT2D eigenvalue weighted by Gasteiger charge is -2.13. The van der Waals surface area contributed by atoms with Crippen LogP contribution in [0.5, 0.6) is 11.5 Å². The van der Waals surface area contributed by atoms with Gasteiger partial charge >= 0.3 is 0 Å². The molecule has 0 aromatic heterocycles. The second-order valence-electron chi connectivity index (χ2n) is 4.55. The van der Waals surface area contributed by atoms with Gasteiger partial charge in [-0.1, -0.05) is 17.7 Å². The van der Waals surface area contributed by atoms with E-state index < -0.39 is 0 Å². The largest absolute Gasteiger partial charge is 0.496 e. The fraction of sp³-hybridized carbons (Fsp3) is 0.250. The van der Waals surface area contributed by atoms with Gasteiger partial charge in [-0.25, -0.2) is 0 Å². The van der Waals surface area contributed by atoms with E-state index in [1.165, 1.54) is 0 Å². The molecule has 2 aromatic carbocycles. The Kier molecular flexibility index (Phi) is 4.88. The minimum absolute atomic E-state index is 0.430. The first kappa shape index (κ1) is 14.7. The zero-order valence-corrected chi connectivity index (χ0v) is 12.4. The fourth-order valence-corrected chi connectivity index (χ4v) is 2.23. The van der Waals surface area contributed by atoms with E-state index in [9.17, 15) is 0 Å². The molecule has 0 amide bonds. The van der Waals surface area contributed by atoms with E-state index in [4.69, 9.17) is 26.8 Å². The Hall–Kier alpha value is -1.71. The van der Waals surface area contributed by atoms with Crippen LogP contribution in [0, 0.1) is 6.92 Å². The van der Waals surface area contributed by atoms with Crippen LogP contribution in [0.1, 0.15) is 16.7 Å². The predicted octanol–water partition coefficient (Wildman–Crippen LogP) is 3.69. The van der Waals surface area contributed by atoms with Gasteiger partial charge in [0.15, 0.2) is 0 Å². The monoisotopic (exact) mass is 291 g/mol. The maximum atomic E-state index is 5.93. The highest BCUT2D eigenvalue weighted by Crippen LogP contribution is 2.25. The number of hydrogen-bond donors (Lipinski definition) is 1.